The van der Waals surface area contributed by atoms with Crippen LogP contribution in [0.3, 0.4) is 0 Å². The predicted molar refractivity (Wildman–Crippen MR) is 116 cm³/mol. The molecule has 30 heavy (non-hydrogen) atoms. The van der Waals surface area contributed by atoms with Crippen molar-refractivity contribution in [3.63, 3.8) is 0 Å². The molecule has 1 aliphatic heterocycles. The molecule has 1 aromatic heterocycles. The maximum absolute atomic E-state index is 13.4. The molecule has 2 fully saturated rings. The lowest BCUT2D eigenvalue weighted by atomic mass is 10.1. The number of morpholine rings is 1. The summed E-state index contributed by atoms with van der Waals surface area (Å²) in [6.45, 7) is 2.43. The van der Waals surface area contributed by atoms with Crippen LogP contribution in [0.4, 0.5) is 0 Å². The fourth-order valence-electron chi connectivity index (χ4n) is 3.66. The van der Waals surface area contributed by atoms with Gasteiger partial charge in [-0.2, -0.15) is 0 Å². The molecule has 1 aliphatic carbocycles. The summed E-state index contributed by atoms with van der Waals surface area (Å²) in [5.41, 5.74) is 1.98. The lowest BCUT2D eigenvalue weighted by molar-refractivity contribution is -0.134. The quantitative estimate of drug-likeness (QED) is 0.567. The van der Waals surface area contributed by atoms with Crippen molar-refractivity contribution < 1.29 is 9.53 Å². The molecule has 154 valence electrons. The zero-order valence-corrected chi connectivity index (χ0v) is 17.5. The predicted octanol–water partition coefficient (Wildman–Crippen LogP) is 3.84. The molecule has 0 radical (unpaired) electrons. The van der Waals surface area contributed by atoms with Crippen LogP contribution in [0.2, 0.25) is 0 Å². The fourth-order valence-corrected chi connectivity index (χ4v) is 4.69. The third-order valence-electron chi connectivity index (χ3n) is 5.43. The van der Waals surface area contributed by atoms with Gasteiger partial charge in [0.1, 0.15) is 11.1 Å². The molecule has 3 aromatic rings. The monoisotopic (exact) mass is 420 g/mol. The number of para-hydroxylation sites is 1. The molecular formula is C23H24N4O2S. The first-order chi connectivity index (χ1) is 14.8. The Morgan fingerprint density at radius 2 is 1.67 bits per heavy atom. The topological polar surface area (TPSA) is 60.2 Å². The van der Waals surface area contributed by atoms with Crippen LogP contribution in [0.1, 0.15) is 35.4 Å². The maximum Gasteiger partial charge on any atom is 0.240 e. The maximum atomic E-state index is 13.4. The van der Waals surface area contributed by atoms with Crippen LogP contribution in [0, 0.1) is 0 Å². The van der Waals surface area contributed by atoms with Crippen molar-refractivity contribution in [1.82, 2.24) is 19.7 Å². The van der Waals surface area contributed by atoms with Gasteiger partial charge in [0.25, 0.3) is 0 Å². The molecule has 6 nitrogen and oxygen atoms in total. The average molecular weight is 421 g/mol. The lowest BCUT2D eigenvalue weighted by Crippen LogP contribution is -2.42. The van der Waals surface area contributed by atoms with Gasteiger partial charge in [-0.25, -0.2) is 9.67 Å². The first kappa shape index (κ1) is 19.3. The van der Waals surface area contributed by atoms with Gasteiger partial charge in [-0.3, -0.25) is 4.79 Å². The van der Waals surface area contributed by atoms with E-state index in [1.807, 2.05) is 70.2 Å². The second kappa shape index (κ2) is 8.62. The number of nitrogens with zero attached hydrogens (tertiary/aromatic N) is 4. The number of thioether (sulfide) groups is 1. The highest BCUT2D eigenvalue weighted by atomic mass is 32.2. The summed E-state index contributed by atoms with van der Waals surface area (Å²) in [6.07, 6.45) is 2.29. The number of hydrogen-bond donors (Lipinski definition) is 0. The second-order valence-corrected chi connectivity index (χ2v) is 8.69. The van der Waals surface area contributed by atoms with E-state index in [0.717, 1.165) is 29.9 Å². The molecule has 2 heterocycles. The number of aromatic nitrogens is 3. The van der Waals surface area contributed by atoms with Crippen LogP contribution in [-0.2, 0) is 9.53 Å². The first-order valence-electron chi connectivity index (χ1n) is 10.4. The normalized spacial score (nSPS) is 17.7. The van der Waals surface area contributed by atoms with Gasteiger partial charge >= 0.3 is 0 Å². The van der Waals surface area contributed by atoms with Crippen molar-refractivity contribution in [2.75, 3.05) is 26.3 Å². The zero-order chi connectivity index (χ0) is 20.3. The second-order valence-electron chi connectivity index (χ2n) is 7.62. The third kappa shape index (κ3) is 4.13. The standard InChI is InChI=1S/C23H24N4O2S/c28-22(26-13-15-29-16-14-26)20(17-7-3-1-4-8-17)30-23-24-21(18-11-12-18)27(25-23)19-9-5-2-6-10-19/h1-10,18,20H,11-16H2/t20-/m1/s1. The van der Waals surface area contributed by atoms with Crippen molar-refractivity contribution in [2.45, 2.75) is 29.2 Å². The number of ether oxygens (including phenoxy) is 1. The van der Waals surface area contributed by atoms with E-state index in [2.05, 4.69) is 0 Å². The van der Waals surface area contributed by atoms with Gasteiger partial charge in [0.2, 0.25) is 11.1 Å². The van der Waals surface area contributed by atoms with E-state index >= 15 is 0 Å². The largest absolute Gasteiger partial charge is 0.378 e. The van der Waals surface area contributed by atoms with Gasteiger partial charge < -0.3 is 9.64 Å². The van der Waals surface area contributed by atoms with E-state index in [9.17, 15) is 4.79 Å². The van der Waals surface area contributed by atoms with E-state index < -0.39 is 0 Å². The Kier molecular flexibility index (Phi) is 5.55. The highest BCUT2D eigenvalue weighted by Gasteiger charge is 2.33. The molecule has 2 aromatic carbocycles. The highest BCUT2D eigenvalue weighted by Crippen LogP contribution is 2.42. The van der Waals surface area contributed by atoms with Gasteiger partial charge in [-0.05, 0) is 30.5 Å². The Hall–Kier alpha value is -2.64. The molecule has 1 saturated carbocycles. The molecule has 0 unspecified atom stereocenters. The molecule has 7 heteroatoms. The summed E-state index contributed by atoms with van der Waals surface area (Å²) in [5, 5.41) is 5.08. The van der Waals surface area contributed by atoms with Crippen LogP contribution in [0.5, 0.6) is 0 Å². The van der Waals surface area contributed by atoms with Gasteiger partial charge in [-0.1, -0.05) is 60.3 Å². The fraction of sp³-hybridized carbons (Fsp3) is 0.348. The molecule has 1 atom stereocenters. The first-order valence-corrected chi connectivity index (χ1v) is 11.3. The number of hydrogen-bond acceptors (Lipinski definition) is 5. The van der Waals surface area contributed by atoms with Crippen LogP contribution in [-0.4, -0.2) is 51.9 Å². The van der Waals surface area contributed by atoms with Crippen molar-refractivity contribution in [3.05, 3.63) is 72.1 Å². The Balaban J connectivity index is 1.47. The number of carbonyl (C=O) groups excluding carboxylic acids is 1. The third-order valence-corrected chi connectivity index (χ3v) is 6.52. The Bertz CT molecular complexity index is 999. The Labute approximate surface area is 180 Å². The number of benzene rings is 2. The minimum absolute atomic E-state index is 0.0959. The lowest BCUT2D eigenvalue weighted by Gasteiger charge is -2.30. The molecule has 5 rings (SSSR count). The number of rotatable bonds is 6. The molecule has 0 spiro atoms. The van der Waals surface area contributed by atoms with Crippen LogP contribution >= 0.6 is 11.8 Å². The molecule has 1 amide bonds. The van der Waals surface area contributed by atoms with Crippen molar-refractivity contribution in [1.29, 1.82) is 0 Å². The molecule has 0 bridgehead atoms. The summed E-state index contributed by atoms with van der Waals surface area (Å²) in [4.78, 5) is 20.2. The van der Waals surface area contributed by atoms with E-state index in [-0.39, 0.29) is 11.2 Å². The Morgan fingerprint density at radius 1 is 1.00 bits per heavy atom. The van der Waals surface area contributed by atoms with Gasteiger partial charge in [0.15, 0.2) is 0 Å². The van der Waals surface area contributed by atoms with Gasteiger partial charge in [0, 0.05) is 19.0 Å². The number of amides is 1. The van der Waals surface area contributed by atoms with Crippen molar-refractivity contribution >= 4 is 17.7 Å². The molecular weight excluding hydrogens is 396 g/mol. The van der Waals surface area contributed by atoms with Gasteiger partial charge in [0.05, 0.1) is 18.9 Å². The Morgan fingerprint density at radius 3 is 2.33 bits per heavy atom. The molecule has 2 aliphatic rings. The highest BCUT2D eigenvalue weighted by molar-refractivity contribution is 8.00. The summed E-state index contributed by atoms with van der Waals surface area (Å²) in [7, 11) is 0. The smallest absolute Gasteiger partial charge is 0.240 e. The average Bonchev–Trinajstić information content (AvgIpc) is 3.58. The SMILES string of the molecule is O=C([C@H](Sc1nc(C2CC2)n(-c2ccccc2)n1)c1ccccc1)N1CCOCC1. The van der Waals surface area contributed by atoms with Crippen molar-refractivity contribution in [2.24, 2.45) is 0 Å². The molecule has 1 saturated heterocycles. The summed E-state index contributed by atoms with van der Waals surface area (Å²) < 4.78 is 7.37. The van der Waals surface area contributed by atoms with E-state index in [1.54, 1.807) is 0 Å². The van der Waals surface area contributed by atoms with Crippen molar-refractivity contribution in [3.8, 4) is 5.69 Å². The summed E-state index contributed by atoms with van der Waals surface area (Å²) in [5.74, 6) is 1.55. The molecule has 0 N–H and O–H groups in total. The van der Waals surface area contributed by atoms with Gasteiger partial charge in [-0.15, -0.1) is 5.10 Å². The van der Waals surface area contributed by atoms with E-state index in [1.165, 1.54) is 11.8 Å². The minimum atomic E-state index is -0.372. The summed E-state index contributed by atoms with van der Waals surface area (Å²) >= 11 is 1.44. The van der Waals surface area contributed by atoms with E-state index in [4.69, 9.17) is 14.8 Å². The van der Waals surface area contributed by atoms with Crippen LogP contribution < -0.4 is 0 Å². The van der Waals surface area contributed by atoms with E-state index in [0.29, 0.717) is 37.4 Å². The zero-order valence-electron chi connectivity index (χ0n) is 16.7. The summed E-state index contributed by atoms with van der Waals surface area (Å²) in [6, 6.07) is 20.0. The van der Waals surface area contributed by atoms with Crippen LogP contribution in [0.25, 0.3) is 5.69 Å². The van der Waals surface area contributed by atoms with Crippen LogP contribution in [0.15, 0.2) is 65.8 Å². The minimum Gasteiger partial charge on any atom is -0.378 e. The number of carbonyl (C=O) groups is 1.